The van der Waals surface area contributed by atoms with Crippen molar-refractivity contribution in [2.45, 2.75) is 13.0 Å². The Morgan fingerprint density at radius 2 is 1.92 bits per heavy atom. The molecule has 0 aliphatic heterocycles. The Morgan fingerprint density at radius 3 is 2.60 bits per heavy atom. The van der Waals surface area contributed by atoms with Crippen molar-refractivity contribution >= 4 is 46.5 Å². The van der Waals surface area contributed by atoms with Gasteiger partial charge in [-0.15, -0.1) is 0 Å². The van der Waals surface area contributed by atoms with Crippen LogP contribution in [-0.4, -0.2) is 25.1 Å². The zero-order valence-corrected chi connectivity index (χ0v) is 15.0. The third kappa shape index (κ3) is 4.78. The molecule has 2 aromatic rings. The van der Waals surface area contributed by atoms with Gasteiger partial charge in [-0.05, 0) is 31.2 Å². The van der Waals surface area contributed by atoms with Gasteiger partial charge in [-0.25, -0.2) is 4.79 Å². The van der Waals surface area contributed by atoms with Gasteiger partial charge in [0.25, 0.3) is 5.91 Å². The second kappa shape index (κ2) is 8.09. The summed E-state index contributed by atoms with van der Waals surface area (Å²) >= 11 is 11.8. The molecular formula is C17H16Cl2N2O4. The normalized spacial score (nSPS) is 11.5. The van der Waals surface area contributed by atoms with Gasteiger partial charge in [0.15, 0.2) is 6.10 Å². The van der Waals surface area contributed by atoms with E-state index in [1.54, 1.807) is 24.3 Å². The van der Waals surface area contributed by atoms with E-state index in [2.05, 4.69) is 5.32 Å². The van der Waals surface area contributed by atoms with Crippen molar-refractivity contribution in [2.75, 3.05) is 18.2 Å². The molecule has 0 aromatic heterocycles. The van der Waals surface area contributed by atoms with Gasteiger partial charge in [-0.1, -0.05) is 29.3 Å². The predicted octanol–water partition coefficient (Wildman–Crippen LogP) is 3.77. The molecule has 0 aliphatic carbocycles. The topological polar surface area (TPSA) is 90.6 Å². The molecule has 132 valence electrons. The van der Waals surface area contributed by atoms with Crippen LogP contribution in [0.5, 0.6) is 5.75 Å². The smallest absolute Gasteiger partial charge is 0.341 e. The number of ether oxygens (including phenoxy) is 2. The van der Waals surface area contributed by atoms with Gasteiger partial charge >= 0.3 is 5.97 Å². The maximum Gasteiger partial charge on any atom is 0.341 e. The zero-order chi connectivity index (χ0) is 18.6. The fraction of sp³-hybridized carbons (Fsp3) is 0.176. The predicted molar refractivity (Wildman–Crippen MR) is 97.4 cm³/mol. The van der Waals surface area contributed by atoms with Crippen LogP contribution in [0.4, 0.5) is 11.4 Å². The lowest BCUT2D eigenvalue weighted by atomic mass is 10.2. The van der Waals surface area contributed by atoms with Gasteiger partial charge in [0, 0.05) is 16.8 Å². The number of hydrogen-bond donors (Lipinski definition) is 2. The third-order valence-corrected chi connectivity index (χ3v) is 3.84. The van der Waals surface area contributed by atoms with Crippen molar-refractivity contribution in [1.29, 1.82) is 0 Å². The van der Waals surface area contributed by atoms with E-state index in [9.17, 15) is 9.59 Å². The standard InChI is InChI=1S/C17H16Cl2N2O4/c1-9(16(22)21-11-4-3-5-12(8-11)24-2)25-17(23)13-6-10(18)7-14(19)15(13)20/h3-9H,20H2,1-2H3,(H,21,22)/t9-/m1/s1. The van der Waals surface area contributed by atoms with Crippen molar-refractivity contribution in [1.82, 2.24) is 0 Å². The second-order valence-corrected chi connectivity index (χ2v) is 5.96. The molecule has 25 heavy (non-hydrogen) atoms. The molecule has 6 nitrogen and oxygen atoms in total. The fourth-order valence-corrected chi connectivity index (χ4v) is 2.47. The van der Waals surface area contributed by atoms with E-state index < -0.39 is 18.0 Å². The number of amides is 1. The van der Waals surface area contributed by atoms with Crippen LogP contribution in [-0.2, 0) is 9.53 Å². The highest BCUT2D eigenvalue weighted by atomic mass is 35.5. The number of methoxy groups -OCH3 is 1. The van der Waals surface area contributed by atoms with Crippen LogP contribution in [0.25, 0.3) is 0 Å². The molecule has 0 bridgehead atoms. The average molecular weight is 383 g/mol. The zero-order valence-electron chi connectivity index (χ0n) is 13.5. The van der Waals surface area contributed by atoms with Gasteiger partial charge in [-0.3, -0.25) is 4.79 Å². The first-order valence-corrected chi connectivity index (χ1v) is 7.98. The molecule has 2 aromatic carbocycles. The maximum atomic E-state index is 12.2. The van der Waals surface area contributed by atoms with Crippen molar-refractivity contribution in [3.63, 3.8) is 0 Å². The summed E-state index contributed by atoms with van der Waals surface area (Å²) in [5, 5.41) is 3.00. The maximum absolute atomic E-state index is 12.2. The SMILES string of the molecule is COc1cccc(NC(=O)[C@@H](C)OC(=O)c2cc(Cl)cc(Cl)c2N)c1. The Kier molecular flexibility index (Phi) is 6.12. The number of esters is 1. The lowest BCUT2D eigenvalue weighted by molar-refractivity contribution is -0.123. The van der Waals surface area contributed by atoms with Crippen LogP contribution in [0.3, 0.4) is 0 Å². The molecule has 0 spiro atoms. The average Bonchev–Trinajstić information content (AvgIpc) is 2.57. The van der Waals surface area contributed by atoms with Gasteiger partial charge in [0.2, 0.25) is 0 Å². The van der Waals surface area contributed by atoms with E-state index in [-0.39, 0.29) is 21.3 Å². The molecule has 0 heterocycles. The Balaban J connectivity index is 2.07. The summed E-state index contributed by atoms with van der Waals surface area (Å²) in [6.07, 6.45) is -1.06. The molecule has 0 fully saturated rings. The second-order valence-electron chi connectivity index (χ2n) is 5.12. The number of nitrogen functional groups attached to an aromatic ring is 1. The van der Waals surface area contributed by atoms with Crippen molar-refractivity contribution in [3.05, 3.63) is 52.0 Å². The van der Waals surface area contributed by atoms with Gasteiger partial charge in [-0.2, -0.15) is 0 Å². The van der Waals surface area contributed by atoms with E-state index in [1.165, 1.54) is 26.2 Å². The molecule has 0 unspecified atom stereocenters. The van der Waals surface area contributed by atoms with Crippen molar-refractivity contribution < 1.29 is 19.1 Å². The molecule has 1 atom stereocenters. The molecular weight excluding hydrogens is 367 g/mol. The lowest BCUT2D eigenvalue weighted by Crippen LogP contribution is -2.30. The minimum Gasteiger partial charge on any atom is -0.497 e. The summed E-state index contributed by atoms with van der Waals surface area (Å²) in [4.78, 5) is 24.4. The highest BCUT2D eigenvalue weighted by molar-refractivity contribution is 6.37. The lowest BCUT2D eigenvalue weighted by Gasteiger charge is -2.15. The first-order chi connectivity index (χ1) is 11.8. The van der Waals surface area contributed by atoms with Crippen LogP contribution in [0, 0.1) is 0 Å². The summed E-state index contributed by atoms with van der Waals surface area (Å²) < 4.78 is 10.2. The number of nitrogens with one attached hydrogen (secondary N) is 1. The largest absolute Gasteiger partial charge is 0.497 e. The van der Waals surface area contributed by atoms with Crippen LogP contribution in [0.15, 0.2) is 36.4 Å². The summed E-state index contributed by atoms with van der Waals surface area (Å²) in [5.41, 5.74) is 6.30. The molecule has 0 saturated heterocycles. The van der Waals surface area contributed by atoms with Crippen molar-refractivity contribution in [3.8, 4) is 5.75 Å². The molecule has 0 aliphatic rings. The fourth-order valence-electron chi connectivity index (χ4n) is 1.98. The Labute approximate surface area is 154 Å². The van der Waals surface area contributed by atoms with E-state index in [1.807, 2.05) is 0 Å². The number of rotatable bonds is 5. The van der Waals surface area contributed by atoms with Gasteiger partial charge < -0.3 is 20.5 Å². The van der Waals surface area contributed by atoms with Crippen LogP contribution >= 0.6 is 23.2 Å². The third-order valence-electron chi connectivity index (χ3n) is 3.30. The number of anilines is 2. The number of carbonyl (C=O) groups is 2. The summed E-state index contributed by atoms with van der Waals surface area (Å²) in [7, 11) is 1.52. The van der Waals surface area contributed by atoms with E-state index in [0.29, 0.717) is 11.4 Å². The quantitative estimate of drug-likeness (QED) is 0.606. The molecule has 2 rings (SSSR count). The van der Waals surface area contributed by atoms with Gasteiger partial charge in [0.1, 0.15) is 5.75 Å². The monoisotopic (exact) mass is 382 g/mol. The van der Waals surface area contributed by atoms with E-state index in [4.69, 9.17) is 38.4 Å². The van der Waals surface area contributed by atoms with Crippen LogP contribution in [0.1, 0.15) is 17.3 Å². The Morgan fingerprint density at radius 1 is 1.20 bits per heavy atom. The van der Waals surface area contributed by atoms with Gasteiger partial charge in [0.05, 0.1) is 23.4 Å². The summed E-state index contributed by atoms with van der Waals surface area (Å²) in [6.45, 7) is 1.44. The Hall–Kier alpha value is -2.44. The summed E-state index contributed by atoms with van der Waals surface area (Å²) in [5.74, 6) is -0.715. The number of nitrogens with two attached hydrogens (primary N) is 1. The highest BCUT2D eigenvalue weighted by Gasteiger charge is 2.22. The number of halogens is 2. The minimum atomic E-state index is -1.06. The summed E-state index contributed by atoms with van der Waals surface area (Å²) in [6, 6.07) is 9.53. The molecule has 0 saturated carbocycles. The molecule has 1 amide bonds. The first kappa shape index (κ1) is 18.9. The minimum absolute atomic E-state index is 0.00136. The molecule has 8 heteroatoms. The van der Waals surface area contributed by atoms with Crippen LogP contribution in [0.2, 0.25) is 10.0 Å². The Bertz CT molecular complexity index is 811. The van der Waals surface area contributed by atoms with E-state index in [0.717, 1.165) is 0 Å². The number of hydrogen-bond acceptors (Lipinski definition) is 5. The number of benzene rings is 2. The first-order valence-electron chi connectivity index (χ1n) is 7.22. The van der Waals surface area contributed by atoms with E-state index >= 15 is 0 Å². The molecule has 3 N–H and O–H groups in total. The number of carbonyl (C=O) groups excluding carboxylic acids is 2. The molecule has 0 radical (unpaired) electrons. The highest BCUT2D eigenvalue weighted by Crippen LogP contribution is 2.28. The van der Waals surface area contributed by atoms with Crippen LogP contribution < -0.4 is 15.8 Å². The van der Waals surface area contributed by atoms with Crippen molar-refractivity contribution in [2.24, 2.45) is 0 Å².